The van der Waals surface area contributed by atoms with Crippen LogP contribution in [-0.4, -0.2) is 50.1 Å². The molecule has 1 aliphatic rings. The maximum atomic E-state index is 12.0. The van der Waals surface area contributed by atoms with Crippen LogP contribution >= 0.6 is 11.6 Å². The van der Waals surface area contributed by atoms with Crippen LogP contribution in [-0.2, 0) is 11.2 Å². The average Bonchev–Trinajstić information content (AvgIpc) is 2.68. The van der Waals surface area contributed by atoms with Gasteiger partial charge >= 0.3 is 0 Å². The van der Waals surface area contributed by atoms with Crippen molar-refractivity contribution < 1.29 is 4.79 Å². The van der Waals surface area contributed by atoms with E-state index in [1.54, 1.807) is 0 Å². The second-order valence-electron chi connectivity index (χ2n) is 6.64. The molecule has 1 amide bonds. The van der Waals surface area contributed by atoms with Crippen LogP contribution in [0.4, 0.5) is 5.69 Å². The van der Waals surface area contributed by atoms with Crippen LogP contribution in [0, 0.1) is 0 Å². The van der Waals surface area contributed by atoms with Gasteiger partial charge in [-0.05, 0) is 36.2 Å². The molecule has 2 aromatic rings. The molecule has 1 saturated heterocycles. The SMILES string of the molecule is O=C(CCc1ccccc1)NCCN1CCN(c2ccc(Cl)cc2)CC1. The van der Waals surface area contributed by atoms with E-state index >= 15 is 0 Å². The van der Waals surface area contributed by atoms with E-state index in [4.69, 9.17) is 11.6 Å². The van der Waals surface area contributed by atoms with Crippen LogP contribution in [0.2, 0.25) is 5.02 Å². The van der Waals surface area contributed by atoms with Gasteiger partial charge in [-0.25, -0.2) is 0 Å². The first-order valence-corrected chi connectivity index (χ1v) is 9.62. The number of rotatable bonds is 7. The minimum atomic E-state index is 0.133. The first-order valence-electron chi connectivity index (χ1n) is 9.24. The summed E-state index contributed by atoms with van der Waals surface area (Å²) in [5.74, 6) is 0.133. The molecular weight excluding hydrogens is 346 g/mol. The number of benzene rings is 2. The summed E-state index contributed by atoms with van der Waals surface area (Å²) in [6, 6.07) is 18.2. The second-order valence-corrected chi connectivity index (χ2v) is 7.08. The third kappa shape index (κ3) is 5.75. The Kier molecular flexibility index (Phi) is 6.92. The largest absolute Gasteiger partial charge is 0.369 e. The van der Waals surface area contributed by atoms with E-state index in [9.17, 15) is 4.79 Å². The Labute approximate surface area is 160 Å². The summed E-state index contributed by atoms with van der Waals surface area (Å²) < 4.78 is 0. The number of carbonyl (C=O) groups excluding carboxylic acids is 1. The number of nitrogens with zero attached hydrogens (tertiary/aromatic N) is 2. The monoisotopic (exact) mass is 371 g/mol. The van der Waals surface area contributed by atoms with Crippen molar-refractivity contribution >= 4 is 23.2 Å². The summed E-state index contributed by atoms with van der Waals surface area (Å²) in [5.41, 5.74) is 2.43. The van der Waals surface area contributed by atoms with Crippen molar-refractivity contribution in [3.8, 4) is 0 Å². The van der Waals surface area contributed by atoms with E-state index in [0.717, 1.165) is 44.2 Å². The molecule has 26 heavy (non-hydrogen) atoms. The molecule has 0 atom stereocenters. The van der Waals surface area contributed by atoms with Crippen molar-refractivity contribution in [1.82, 2.24) is 10.2 Å². The Bertz CT molecular complexity index is 682. The molecule has 4 nitrogen and oxygen atoms in total. The molecule has 0 unspecified atom stereocenters. The molecule has 1 heterocycles. The highest BCUT2D eigenvalue weighted by Crippen LogP contribution is 2.19. The number of amides is 1. The molecule has 5 heteroatoms. The van der Waals surface area contributed by atoms with Crippen molar-refractivity contribution in [2.75, 3.05) is 44.2 Å². The molecule has 0 radical (unpaired) electrons. The smallest absolute Gasteiger partial charge is 0.220 e. The van der Waals surface area contributed by atoms with Crippen LogP contribution in [0.25, 0.3) is 0 Å². The van der Waals surface area contributed by atoms with Gasteiger partial charge in [0.2, 0.25) is 5.91 Å². The van der Waals surface area contributed by atoms with Gasteiger partial charge in [-0.2, -0.15) is 0 Å². The lowest BCUT2D eigenvalue weighted by Crippen LogP contribution is -2.48. The molecule has 1 N–H and O–H groups in total. The van der Waals surface area contributed by atoms with E-state index in [2.05, 4.69) is 39.4 Å². The fourth-order valence-electron chi connectivity index (χ4n) is 3.23. The lowest BCUT2D eigenvalue weighted by Gasteiger charge is -2.36. The normalized spacial score (nSPS) is 15.0. The quantitative estimate of drug-likeness (QED) is 0.811. The third-order valence-corrected chi connectivity index (χ3v) is 5.05. The Morgan fingerprint density at radius 2 is 1.65 bits per heavy atom. The van der Waals surface area contributed by atoms with Crippen LogP contribution in [0.1, 0.15) is 12.0 Å². The number of halogens is 1. The van der Waals surface area contributed by atoms with Crippen LogP contribution in [0.15, 0.2) is 54.6 Å². The van der Waals surface area contributed by atoms with Gasteiger partial charge in [-0.1, -0.05) is 41.9 Å². The summed E-state index contributed by atoms with van der Waals surface area (Å²) in [6.45, 7) is 5.66. The lowest BCUT2D eigenvalue weighted by molar-refractivity contribution is -0.121. The van der Waals surface area contributed by atoms with Crippen LogP contribution < -0.4 is 10.2 Å². The van der Waals surface area contributed by atoms with E-state index in [1.807, 2.05) is 30.3 Å². The summed E-state index contributed by atoms with van der Waals surface area (Å²) in [5, 5.41) is 3.81. The van der Waals surface area contributed by atoms with E-state index < -0.39 is 0 Å². The number of hydrogen-bond donors (Lipinski definition) is 1. The molecule has 0 spiro atoms. The van der Waals surface area contributed by atoms with Crippen LogP contribution in [0.5, 0.6) is 0 Å². The molecule has 1 aliphatic heterocycles. The van der Waals surface area contributed by atoms with Crippen molar-refractivity contribution in [3.63, 3.8) is 0 Å². The maximum absolute atomic E-state index is 12.0. The van der Waals surface area contributed by atoms with Crippen molar-refractivity contribution in [2.45, 2.75) is 12.8 Å². The van der Waals surface area contributed by atoms with Crippen molar-refractivity contribution in [1.29, 1.82) is 0 Å². The topological polar surface area (TPSA) is 35.6 Å². The first-order chi connectivity index (χ1) is 12.7. The highest BCUT2D eigenvalue weighted by atomic mass is 35.5. The van der Waals surface area contributed by atoms with E-state index in [1.165, 1.54) is 11.3 Å². The molecule has 3 rings (SSSR count). The molecule has 0 saturated carbocycles. The van der Waals surface area contributed by atoms with E-state index in [-0.39, 0.29) is 5.91 Å². The van der Waals surface area contributed by atoms with Gasteiger partial charge in [0.05, 0.1) is 0 Å². The Morgan fingerprint density at radius 1 is 0.962 bits per heavy atom. The van der Waals surface area contributed by atoms with Crippen molar-refractivity contribution in [3.05, 3.63) is 65.2 Å². The maximum Gasteiger partial charge on any atom is 0.220 e. The molecule has 0 aromatic heterocycles. The molecule has 1 fully saturated rings. The summed E-state index contributed by atoms with van der Waals surface area (Å²) in [7, 11) is 0. The molecule has 138 valence electrons. The predicted molar refractivity (Wildman–Crippen MR) is 108 cm³/mol. The zero-order valence-corrected chi connectivity index (χ0v) is 15.8. The summed E-state index contributed by atoms with van der Waals surface area (Å²) in [4.78, 5) is 16.8. The summed E-state index contributed by atoms with van der Waals surface area (Å²) >= 11 is 5.95. The lowest BCUT2D eigenvalue weighted by atomic mass is 10.1. The number of carbonyl (C=O) groups is 1. The average molecular weight is 372 g/mol. The summed E-state index contributed by atoms with van der Waals surface area (Å²) in [6.07, 6.45) is 1.35. The minimum Gasteiger partial charge on any atom is -0.369 e. The molecular formula is C21H26ClN3O. The second kappa shape index (κ2) is 9.60. The van der Waals surface area contributed by atoms with Gasteiger partial charge in [-0.15, -0.1) is 0 Å². The van der Waals surface area contributed by atoms with E-state index in [0.29, 0.717) is 13.0 Å². The predicted octanol–water partition coefficient (Wildman–Crippen LogP) is 3.21. The third-order valence-electron chi connectivity index (χ3n) is 4.80. The Morgan fingerprint density at radius 3 is 2.35 bits per heavy atom. The van der Waals surface area contributed by atoms with Gasteiger partial charge in [-0.3, -0.25) is 9.69 Å². The van der Waals surface area contributed by atoms with Crippen molar-refractivity contribution in [2.24, 2.45) is 0 Å². The van der Waals surface area contributed by atoms with Gasteiger partial charge in [0.1, 0.15) is 0 Å². The molecule has 0 aliphatic carbocycles. The minimum absolute atomic E-state index is 0.133. The van der Waals surface area contributed by atoms with Gasteiger partial charge in [0, 0.05) is 56.4 Å². The molecule has 2 aromatic carbocycles. The van der Waals surface area contributed by atoms with Gasteiger partial charge < -0.3 is 10.2 Å². The van der Waals surface area contributed by atoms with Crippen LogP contribution in [0.3, 0.4) is 0 Å². The highest BCUT2D eigenvalue weighted by molar-refractivity contribution is 6.30. The highest BCUT2D eigenvalue weighted by Gasteiger charge is 2.16. The fourth-order valence-corrected chi connectivity index (χ4v) is 3.35. The zero-order chi connectivity index (χ0) is 18.2. The fraction of sp³-hybridized carbons (Fsp3) is 0.381. The first kappa shape index (κ1) is 18.7. The molecule has 0 bridgehead atoms. The van der Waals surface area contributed by atoms with Gasteiger partial charge in [0.15, 0.2) is 0 Å². The zero-order valence-electron chi connectivity index (χ0n) is 15.0. The Hall–Kier alpha value is -2.04. The number of piperazine rings is 1. The number of aryl methyl sites for hydroxylation is 1. The standard InChI is InChI=1S/C21H26ClN3O/c22-19-7-9-20(10-8-19)25-16-14-24(15-17-25)13-12-23-21(26)11-6-18-4-2-1-3-5-18/h1-5,7-10H,6,11-17H2,(H,23,26). The number of nitrogens with one attached hydrogen (secondary N) is 1. The Balaban J connectivity index is 1.31. The number of anilines is 1. The number of hydrogen-bond acceptors (Lipinski definition) is 3. The van der Waals surface area contributed by atoms with Gasteiger partial charge in [0.25, 0.3) is 0 Å².